The Hall–Kier alpha value is -0.530. The van der Waals surface area contributed by atoms with Crippen LogP contribution in [0.1, 0.15) is 72.1 Å². The van der Waals surface area contributed by atoms with Crippen molar-refractivity contribution in [2.45, 2.75) is 78.2 Å². The van der Waals surface area contributed by atoms with Gasteiger partial charge in [-0.3, -0.25) is 4.79 Å². The molecule has 17 heavy (non-hydrogen) atoms. The predicted molar refractivity (Wildman–Crippen MR) is 70.8 cm³/mol. The summed E-state index contributed by atoms with van der Waals surface area (Å²) in [5.41, 5.74) is 0. The van der Waals surface area contributed by atoms with Crippen LogP contribution in [0.2, 0.25) is 0 Å². The monoisotopic (exact) mass is 240 g/mol. The van der Waals surface area contributed by atoms with E-state index in [4.69, 9.17) is 4.74 Å². The van der Waals surface area contributed by atoms with Crippen molar-refractivity contribution in [1.82, 2.24) is 0 Å². The molecular weight excluding hydrogens is 212 g/mol. The number of carbonyl (C=O) groups excluding carboxylic acids is 1. The van der Waals surface area contributed by atoms with E-state index in [9.17, 15) is 4.79 Å². The van der Waals surface area contributed by atoms with Crippen LogP contribution in [0.5, 0.6) is 0 Å². The topological polar surface area (TPSA) is 26.3 Å². The summed E-state index contributed by atoms with van der Waals surface area (Å²) in [6, 6.07) is 0. The van der Waals surface area contributed by atoms with Crippen LogP contribution in [0.15, 0.2) is 0 Å². The Kier molecular flexibility index (Phi) is 6.61. The number of hydrogen-bond acceptors (Lipinski definition) is 2. The van der Waals surface area contributed by atoms with E-state index < -0.39 is 0 Å². The van der Waals surface area contributed by atoms with E-state index >= 15 is 0 Å². The van der Waals surface area contributed by atoms with Gasteiger partial charge in [-0.2, -0.15) is 0 Å². The highest BCUT2D eigenvalue weighted by Crippen LogP contribution is 2.32. The van der Waals surface area contributed by atoms with E-state index in [2.05, 4.69) is 20.8 Å². The summed E-state index contributed by atoms with van der Waals surface area (Å²) in [6.45, 7) is 6.64. The lowest BCUT2D eigenvalue weighted by Crippen LogP contribution is -2.33. The summed E-state index contributed by atoms with van der Waals surface area (Å²) in [4.78, 5) is 11.7. The van der Waals surface area contributed by atoms with Crippen molar-refractivity contribution in [3.63, 3.8) is 0 Å². The molecule has 0 radical (unpaired) electrons. The molecule has 0 aromatic rings. The Balaban J connectivity index is 2.34. The molecule has 0 bridgehead atoms. The summed E-state index contributed by atoms with van der Waals surface area (Å²) >= 11 is 0. The Labute approximate surface area is 106 Å². The standard InChI is InChI=1S/C15H28O2/c1-4-5-6-11-15(16)17-14-10-8-7-9-13(14)12(2)3/h12-14H,4-11H2,1-3H3/t13-,14-/m1/s1. The SMILES string of the molecule is CCCCCC(=O)O[C@@H]1CCCC[C@@H]1C(C)C. The first kappa shape index (κ1) is 14.5. The van der Waals surface area contributed by atoms with Crippen LogP contribution in [0.4, 0.5) is 0 Å². The number of esters is 1. The van der Waals surface area contributed by atoms with Crippen molar-refractivity contribution in [3.05, 3.63) is 0 Å². The molecule has 1 fully saturated rings. The highest BCUT2D eigenvalue weighted by molar-refractivity contribution is 5.69. The second-order valence-electron chi connectivity index (χ2n) is 5.68. The van der Waals surface area contributed by atoms with Gasteiger partial charge in [0, 0.05) is 6.42 Å². The van der Waals surface area contributed by atoms with Crippen molar-refractivity contribution >= 4 is 5.97 Å². The summed E-state index contributed by atoms with van der Waals surface area (Å²) in [7, 11) is 0. The molecule has 1 aliphatic rings. The molecule has 1 rings (SSSR count). The van der Waals surface area contributed by atoms with Gasteiger partial charge in [-0.05, 0) is 37.5 Å². The maximum Gasteiger partial charge on any atom is 0.306 e. The molecule has 0 saturated heterocycles. The van der Waals surface area contributed by atoms with Gasteiger partial charge >= 0.3 is 5.97 Å². The number of carbonyl (C=O) groups is 1. The van der Waals surface area contributed by atoms with Crippen molar-refractivity contribution < 1.29 is 9.53 Å². The van der Waals surface area contributed by atoms with Gasteiger partial charge in [0.1, 0.15) is 6.10 Å². The molecule has 0 aliphatic heterocycles. The van der Waals surface area contributed by atoms with Crippen molar-refractivity contribution in [2.24, 2.45) is 11.8 Å². The third-order valence-corrected chi connectivity index (χ3v) is 3.88. The van der Waals surface area contributed by atoms with Crippen LogP contribution >= 0.6 is 0 Å². The average molecular weight is 240 g/mol. The van der Waals surface area contributed by atoms with Crippen molar-refractivity contribution in [3.8, 4) is 0 Å². The van der Waals surface area contributed by atoms with Gasteiger partial charge in [-0.15, -0.1) is 0 Å². The van der Waals surface area contributed by atoms with Gasteiger partial charge < -0.3 is 4.74 Å². The first-order valence-corrected chi connectivity index (χ1v) is 7.34. The van der Waals surface area contributed by atoms with Crippen LogP contribution in [-0.4, -0.2) is 12.1 Å². The fourth-order valence-electron chi connectivity index (χ4n) is 2.78. The first-order chi connectivity index (χ1) is 8.15. The lowest BCUT2D eigenvalue weighted by atomic mass is 9.79. The summed E-state index contributed by atoms with van der Waals surface area (Å²) in [6.07, 6.45) is 8.88. The fourth-order valence-corrected chi connectivity index (χ4v) is 2.78. The second-order valence-corrected chi connectivity index (χ2v) is 5.68. The molecule has 0 aromatic carbocycles. The van der Waals surface area contributed by atoms with Gasteiger partial charge in [-0.25, -0.2) is 0 Å². The van der Waals surface area contributed by atoms with Gasteiger partial charge in [0.15, 0.2) is 0 Å². The molecule has 2 heteroatoms. The van der Waals surface area contributed by atoms with Gasteiger partial charge in [0.25, 0.3) is 0 Å². The van der Waals surface area contributed by atoms with Crippen LogP contribution in [-0.2, 0) is 9.53 Å². The zero-order valence-electron chi connectivity index (χ0n) is 11.7. The van der Waals surface area contributed by atoms with Crippen LogP contribution in [0, 0.1) is 11.8 Å². The maximum atomic E-state index is 11.7. The van der Waals surface area contributed by atoms with Crippen molar-refractivity contribution in [2.75, 3.05) is 0 Å². The van der Waals surface area contributed by atoms with E-state index in [1.165, 1.54) is 19.3 Å². The van der Waals surface area contributed by atoms with Gasteiger partial charge in [0.2, 0.25) is 0 Å². The number of rotatable bonds is 6. The third kappa shape index (κ3) is 5.10. The molecule has 0 heterocycles. The molecule has 1 aliphatic carbocycles. The van der Waals surface area contributed by atoms with Gasteiger partial charge in [-0.1, -0.05) is 40.0 Å². The smallest absolute Gasteiger partial charge is 0.306 e. The highest BCUT2D eigenvalue weighted by Gasteiger charge is 2.30. The normalized spacial score (nSPS) is 24.9. The lowest BCUT2D eigenvalue weighted by molar-refractivity contribution is -0.154. The van der Waals surface area contributed by atoms with E-state index in [-0.39, 0.29) is 12.1 Å². The molecule has 1 saturated carbocycles. The predicted octanol–water partition coefficient (Wildman–Crippen LogP) is 4.32. The number of ether oxygens (including phenoxy) is 1. The molecule has 2 nitrogen and oxygen atoms in total. The molecule has 0 amide bonds. The summed E-state index contributed by atoms with van der Waals surface area (Å²) in [5.74, 6) is 1.23. The van der Waals surface area contributed by atoms with Gasteiger partial charge in [0.05, 0.1) is 0 Å². The second kappa shape index (κ2) is 7.73. The third-order valence-electron chi connectivity index (χ3n) is 3.88. The quantitative estimate of drug-likeness (QED) is 0.510. The van der Waals surface area contributed by atoms with Crippen LogP contribution in [0.3, 0.4) is 0 Å². The molecule has 0 N–H and O–H groups in total. The maximum absolute atomic E-state index is 11.7. The Bertz CT molecular complexity index is 223. The number of unbranched alkanes of at least 4 members (excludes halogenated alkanes) is 2. The first-order valence-electron chi connectivity index (χ1n) is 7.34. The Morgan fingerprint density at radius 1 is 1.24 bits per heavy atom. The molecule has 0 aromatic heterocycles. The summed E-state index contributed by atoms with van der Waals surface area (Å²) < 4.78 is 5.67. The Morgan fingerprint density at radius 3 is 2.59 bits per heavy atom. The average Bonchev–Trinajstić information content (AvgIpc) is 2.29. The molecule has 2 atom stereocenters. The largest absolute Gasteiger partial charge is 0.462 e. The minimum Gasteiger partial charge on any atom is -0.462 e. The van der Waals surface area contributed by atoms with E-state index in [1.807, 2.05) is 0 Å². The number of hydrogen-bond donors (Lipinski definition) is 0. The van der Waals surface area contributed by atoms with Crippen molar-refractivity contribution in [1.29, 1.82) is 0 Å². The zero-order chi connectivity index (χ0) is 12.7. The van der Waals surface area contributed by atoms with Crippen LogP contribution < -0.4 is 0 Å². The Morgan fingerprint density at radius 2 is 1.94 bits per heavy atom. The highest BCUT2D eigenvalue weighted by atomic mass is 16.5. The summed E-state index contributed by atoms with van der Waals surface area (Å²) in [5, 5.41) is 0. The van der Waals surface area contributed by atoms with Crippen LogP contribution in [0.25, 0.3) is 0 Å². The molecule has 100 valence electrons. The molecule has 0 spiro atoms. The zero-order valence-corrected chi connectivity index (χ0v) is 11.7. The van der Waals surface area contributed by atoms with E-state index in [0.717, 1.165) is 25.7 Å². The molecule has 0 unspecified atom stereocenters. The van der Waals surface area contributed by atoms with E-state index in [0.29, 0.717) is 18.3 Å². The minimum absolute atomic E-state index is 0.0241. The minimum atomic E-state index is 0.0241. The fraction of sp³-hybridized carbons (Fsp3) is 0.933. The molecular formula is C15H28O2. The van der Waals surface area contributed by atoms with E-state index in [1.54, 1.807) is 0 Å². The lowest BCUT2D eigenvalue weighted by Gasteiger charge is -2.33.